The Kier molecular flexibility index (Phi) is 1.89. The summed E-state index contributed by atoms with van der Waals surface area (Å²) in [4.78, 5) is 1.97. The van der Waals surface area contributed by atoms with Gasteiger partial charge in [0.1, 0.15) is 0 Å². The monoisotopic (exact) mass is 262 g/mol. The molecular weight excluding hydrogens is 249 g/mol. The third-order valence-electron chi connectivity index (χ3n) is 2.13. The van der Waals surface area contributed by atoms with Gasteiger partial charge in [0.25, 0.3) is 0 Å². The number of rotatable bonds is 1. The standard InChI is InChI=1S/C10H11BrClN/c11-9-4-3-8(7-10(9)12)13-5-1-2-6-13/h3-4,7H,1-2,5-6H2/i3D,4D,7D. The average molecular weight is 264 g/mol. The third kappa shape index (κ3) is 2.00. The van der Waals surface area contributed by atoms with E-state index in [-0.39, 0.29) is 23.1 Å². The van der Waals surface area contributed by atoms with E-state index < -0.39 is 0 Å². The Hall–Kier alpha value is -0.210. The summed E-state index contributed by atoms with van der Waals surface area (Å²) in [6.45, 7) is 1.68. The van der Waals surface area contributed by atoms with Crippen molar-refractivity contribution in [3.63, 3.8) is 0 Å². The van der Waals surface area contributed by atoms with Crippen LogP contribution in [0.5, 0.6) is 0 Å². The Morgan fingerprint density at radius 2 is 2.08 bits per heavy atom. The van der Waals surface area contributed by atoms with Crippen LogP contribution in [0.15, 0.2) is 22.6 Å². The predicted molar refractivity (Wildman–Crippen MR) is 60.6 cm³/mol. The van der Waals surface area contributed by atoms with Gasteiger partial charge in [-0.25, -0.2) is 0 Å². The number of hydrogen-bond acceptors (Lipinski definition) is 1. The Bertz CT molecular complexity index is 404. The van der Waals surface area contributed by atoms with E-state index in [1.54, 1.807) is 0 Å². The highest BCUT2D eigenvalue weighted by Crippen LogP contribution is 2.29. The SMILES string of the molecule is [2H]c1c([2H])c(N2CCCC2)c([2H])c(Cl)c1Br. The average Bonchev–Trinajstić information content (AvgIpc) is 2.77. The molecule has 0 spiro atoms. The van der Waals surface area contributed by atoms with Crippen LogP contribution < -0.4 is 4.90 Å². The number of nitrogens with zero attached hydrogens (tertiary/aromatic N) is 1. The van der Waals surface area contributed by atoms with Gasteiger partial charge in [0.15, 0.2) is 0 Å². The van der Waals surface area contributed by atoms with Gasteiger partial charge in [-0.1, -0.05) is 11.6 Å². The Morgan fingerprint density at radius 1 is 1.38 bits per heavy atom. The van der Waals surface area contributed by atoms with Gasteiger partial charge < -0.3 is 4.90 Å². The molecule has 0 atom stereocenters. The van der Waals surface area contributed by atoms with Crippen molar-refractivity contribution >= 4 is 33.2 Å². The van der Waals surface area contributed by atoms with E-state index in [1.807, 2.05) is 4.90 Å². The van der Waals surface area contributed by atoms with E-state index in [0.717, 1.165) is 25.9 Å². The first kappa shape index (κ1) is 6.31. The molecule has 0 N–H and O–H groups in total. The van der Waals surface area contributed by atoms with Crippen molar-refractivity contribution in [1.29, 1.82) is 0 Å². The molecule has 0 amide bonds. The molecule has 1 fully saturated rings. The Morgan fingerprint density at radius 3 is 2.77 bits per heavy atom. The van der Waals surface area contributed by atoms with Gasteiger partial charge in [-0.3, -0.25) is 0 Å². The van der Waals surface area contributed by atoms with Crippen molar-refractivity contribution in [2.75, 3.05) is 18.0 Å². The fourth-order valence-corrected chi connectivity index (χ4v) is 1.79. The minimum absolute atomic E-state index is 0.0582. The fourth-order valence-electron chi connectivity index (χ4n) is 1.46. The topological polar surface area (TPSA) is 3.24 Å². The molecule has 1 aromatic rings. The molecule has 0 radical (unpaired) electrons. The molecular formula is C10H11BrClN. The maximum Gasteiger partial charge on any atom is 0.0661 e. The predicted octanol–water partition coefficient (Wildman–Crippen LogP) is 3.70. The first-order valence-corrected chi connectivity index (χ1v) is 5.40. The first-order chi connectivity index (χ1) is 7.54. The van der Waals surface area contributed by atoms with Gasteiger partial charge in [0.2, 0.25) is 0 Å². The second-order valence-electron chi connectivity index (χ2n) is 3.05. The van der Waals surface area contributed by atoms with E-state index in [4.69, 9.17) is 15.7 Å². The second kappa shape index (κ2) is 3.89. The summed E-state index contributed by atoms with van der Waals surface area (Å²) in [7, 11) is 0. The molecule has 1 nitrogen and oxygen atoms in total. The maximum atomic E-state index is 7.93. The molecule has 0 saturated carbocycles. The summed E-state index contributed by atoms with van der Waals surface area (Å²) in [6.07, 6.45) is 2.14. The van der Waals surface area contributed by atoms with Crippen molar-refractivity contribution in [2.45, 2.75) is 12.8 Å². The molecule has 0 aliphatic carbocycles. The molecule has 0 unspecified atom stereocenters. The van der Waals surface area contributed by atoms with E-state index >= 15 is 0 Å². The van der Waals surface area contributed by atoms with Gasteiger partial charge in [0.05, 0.1) is 9.13 Å². The van der Waals surface area contributed by atoms with E-state index in [9.17, 15) is 0 Å². The highest BCUT2D eigenvalue weighted by atomic mass is 79.9. The number of hydrogen-bond donors (Lipinski definition) is 0. The van der Waals surface area contributed by atoms with Crippen LogP contribution in [0, 0.1) is 0 Å². The lowest BCUT2D eigenvalue weighted by atomic mass is 10.3. The molecule has 0 bridgehead atoms. The maximum absolute atomic E-state index is 7.93. The van der Waals surface area contributed by atoms with Crippen molar-refractivity contribution in [2.24, 2.45) is 0 Å². The molecule has 1 aromatic carbocycles. The van der Waals surface area contributed by atoms with Crippen molar-refractivity contribution in [3.8, 4) is 0 Å². The van der Waals surface area contributed by atoms with Crippen LogP contribution in [-0.4, -0.2) is 13.1 Å². The van der Waals surface area contributed by atoms with Crippen molar-refractivity contribution in [3.05, 3.63) is 27.6 Å². The van der Waals surface area contributed by atoms with Gasteiger partial charge in [-0.15, -0.1) is 0 Å². The van der Waals surface area contributed by atoms with Gasteiger partial charge >= 0.3 is 0 Å². The molecule has 1 aliphatic heterocycles. The molecule has 0 aromatic heterocycles. The fraction of sp³-hybridized carbons (Fsp3) is 0.400. The third-order valence-corrected chi connectivity index (χ3v) is 3.24. The molecule has 13 heavy (non-hydrogen) atoms. The second-order valence-corrected chi connectivity index (χ2v) is 4.22. The van der Waals surface area contributed by atoms with Crippen LogP contribution in [0.3, 0.4) is 0 Å². The smallest absolute Gasteiger partial charge is 0.0661 e. The highest BCUT2D eigenvalue weighted by molar-refractivity contribution is 9.10. The molecule has 3 heteroatoms. The quantitative estimate of drug-likeness (QED) is 0.747. The Labute approximate surface area is 96.0 Å². The van der Waals surface area contributed by atoms with Crippen LogP contribution in [-0.2, 0) is 0 Å². The van der Waals surface area contributed by atoms with E-state index in [2.05, 4.69) is 15.9 Å². The minimum atomic E-state index is 0.0582. The lowest BCUT2D eigenvalue weighted by molar-refractivity contribution is 0.949. The number of halogens is 2. The van der Waals surface area contributed by atoms with Crippen LogP contribution in [0.25, 0.3) is 0 Å². The first-order valence-electron chi connectivity index (χ1n) is 5.73. The highest BCUT2D eigenvalue weighted by Gasteiger charge is 2.12. The van der Waals surface area contributed by atoms with Crippen molar-refractivity contribution in [1.82, 2.24) is 0 Å². The van der Waals surface area contributed by atoms with E-state index in [1.165, 1.54) is 0 Å². The largest absolute Gasteiger partial charge is 0.371 e. The van der Waals surface area contributed by atoms with Crippen LogP contribution >= 0.6 is 27.5 Å². The van der Waals surface area contributed by atoms with Gasteiger partial charge in [-0.2, -0.15) is 0 Å². The lowest BCUT2D eigenvalue weighted by Gasteiger charge is -2.17. The summed E-state index contributed by atoms with van der Waals surface area (Å²) in [6, 6.07) is 0.294. The molecule has 1 heterocycles. The van der Waals surface area contributed by atoms with Crippen LogP contribution in [0.2, 0.25) is 5.02 Å². The van der Waals surface area contributed by atoms with Crippen molar-refractivity contribution < 1.29 is 4.11 Å². The normalized spacial score (nSPS) is 19.8. The van der Waals surface area contributed by atoms with Gasteiger partial charge in [0, 0.05) is 23.2 Å². The molecule has 2 rings (SSSR count). The van der Waals surface area contributed by atoms with Crippen LogP contribution in [0.4, 0.5) is 5.69 Å². The molecule has 70 valence electrons. The van der Waals surface area contributed by atoms with Crippen LogP contribution in [0.1, 0.15) is 17.0 Å². The summed E-state index contributed by atoms with van der Waals surface area (Å²) in [5.41, 5.74) is 0.496. The summed E-state index contributed by atoms with van der Waals surface area (Å²) < 4.78 is 23.9. The zero-order valence-corrected chi connectivity index (χ0v) is 9.37. The zero-order chi connectivity index (χ0) is 11.9. The molecule has 1 saturated heterocycles. The van der Waals surface area contributed by atoms with E-state index in [0.29, 0.717) is 10.2 Å². The Balaban J connectivity index is 2.59. The zero-order valence-electron chi connectivity index (χ0n) is 10.0. The number of benzene rings is 1. The number of anilines is 1. The summed E-state index contributed by atoms with van der Waals surface area (Å²) in [5, 5.41) is 0.225. The minimum Gasteiger partial charge on any atom is -0.371 e. The molecule has 1 aliphatic rings. The lowest BCUT2D eigenvalue weighted by Crippen LogP contribution is -2.17. The summed E-state index contributed by atoms with van der Waals surface area (Å²) >= 11 is 9.12. The van der Waals surface area contributed by atoms with Gasteiger partial charge in [-0.05, 0) is 46.9 Å². The summed E-state index contributed by atoms with van der Waals surface area (Å²) in [5.74, 6) is 0.